The van der Waals surface area contributed by atoms with E-state index in [1.54, 1.807) is 36.4 Å². The van der Waals surface area contributed by atoms with Crippen LogP contribution in [-0.2, 0) is 4.79 Å². The molecular weight excluding hydrogens is 367 g/mol. The summed E-state index contributed by atoms with van der Waals surface area (Å²) in [5.74, 6) is -0.301. The average Bonchev–Trinajstić information content (AvgIpc) is 2.59. The first-order valence-electron chi connectivity index (χ1n) is 7.40. The van der Waals surface area contributed by atoms with E-state index in [4.69, 9.17) is 32.7 Å². The lowest BCUT2D eigenvalue weighted by Gasteiger charge is -2.12. The molecule has 0 spiro atoms. The minimum Gasteiger partial charge on any atom is -0.493 e. The molecule has 6 nitrogen and oxygen atoms in total. The maximum absolute atomic E-state index is 12.1. The number of carbonyl (C=O) groups excluding carboxylic acids is 2. The summed E-state index contributed by atoms with van der Waals surface area (Å²) in [7, 11) is 0. The summed E-state index contributed by atoms with van der Waals surface area (Å²) in [6.45, 7) is 1.91. The summed E-state index contributed by atoms with van der Waals surface area (Å²) in [5, 5.41) is 0.747. The van der Waals surface area contributed by atoms with Crippen LogP contribution in [0.5, 0.6) is 11.5 Å². The lowest BCUT2D eigenvalue weighted by atomic mass is 10.2. The first kappa shape index (κ1) is 18.9. The van der Waals surface area contributed by atoms with E-state index in [1.165, 1.54) is 6.07 Å². The quantitative estimate of drug-likeness (QED) is 0.751. The van der Waals surface area contributed by atoms with Crippen molar-refractivity contribution < 1.29 is 19.1 Å². The Morgan fingerprint density at radius 3 is 2.48 bits per heavy atom. The molecule has 2 aromatic carbocycles. The highest BCUT2D eigenvalue weighted by atomic mass is 35.5. The molecule has 2 aromatic rings. The van der Waals surface area contributed by atoms with Crippen LogP contribution in [0.25, 0.3) is 0 Å². The second-order valence-electron chi connectivity index (χ2n) is 4.79. The van der Waals surface area contributed by atoms with Crippen molar-refractivity contribution in [2.24, 2.45) is 0 Å². The predicted octanol–water partition coefficient (Wildman–Crippen LogP) is 3.23. The van der Waals surface area contributed by atoms with Crippen LogP contribution in [0.1, 0.15) is 17.3 Å². The molecule has 0 saturated carbocycles. The summed E-state index contributed by atoms with van der Waals surface area (Å²) >= 11 is 11.7. The Morgan fingerprint density at radius 2 is 1.76 bits per heavy atom. The van der Waals surface area contributed by atoms with E-state index < -0.39 is 11.8 Å². The number of halogens is 2. The Hall–Kier alpha value is -2.44. The molecule has 0 unspecified atom stereocenters. The van der Waals surface area contributed by atoms with Crippen molar-refractivity contribution in [1.82, 2.24) is 10.9 Å². The molecule has 0 aromatic heterocycles. The van der Waals surface area contributed by atoms with E-state index in [1.807, 2.05) is 6.92 Å². The van der Waals surface area contributed by atoms with Crippen molar-refractivity contribution >= 4 is 35.0 Å². The SMILES string of the molecule is CCOc1ccccc1C(=O)NNC(=O)COc1ccc(Cl)cc1Cl. The number of para-hydroxylation sites is 1. The third-order valence-electron chi connectivity index (χ3n) is 3.00. The van der Waals surface area contributed by atoms with Crippen molar-refractivity contribution in [3.63, 3.8) is 0 Å². The summed E-state index contributed by atoms with van der Waals surface area (Å²) in [5.41, 5.74) is 4.88. The summed E-state index contributed by atoms with van der Waals surface area (Å²) < 4.78 is 10.6. The molecule has 0 atom stereocenters. The van der Waals surface area contributed by atoms with Gasteiger partial charge in [0.25, 0.3) is 11.8 Å². The summed E-state index contributed by atoms with van der Waals surface area (Å²) in [6.07, 6.45) is 0. The highest BCUT2D eigenvalue weighted by Gasteiger charge is 2.13. The fourth-order valence-electron chi connectivity index (χ4n) is 1.90. The Bertz CT molecular complexity index is 768. The van der Waals surface area contributed by atoms with Crippen LogP contribution in [0.3, 0.4) is 0 Å². The number of carbonyl (C=O) groups is 2. The summed E-state index contributed by atoms with van der Waals surface area (Å²) in [4.78, 5) is 23.9. The number of hydrogen-bond donors (Lipinski definition) is 2. The van der Waals surface area contributed by atoms with E-state index >= 15 is 0 Å². The lowest BCUT2D eigenvalue weighted by molar-refractivity contribution is -0.123. The molecule has 0 saturated heterocycles. The van der Waals surface area contributed by atoms with Crippen LogP contribution in [0.2, 0.25) is 10.0 Å². The molecule has 132 valence electrons. The Labute approximate surface area is 155 Å². The highest BCUT2D eigenvalue weighted by molar-refractivity contribution is 6.35. The Morgan fingerprint density at radius 1 is 1.00 bits per heavy atom. The second kappa shape index (κ2) is 9.15. The van der Waals surface area contributed by atoms with Gasteiger partial charge in [0.15, 0.2) is 6.61 Å². The van der Waals surface area contributed by atoms with Crippen LogP contribution in [-0.4, -0.2) is 25.0 Å². The maximum atomic E-state index is 12.1. The molecule has 2 amide bonds. The van der Waals surface area contributed by atoms with Gasteiger partial charge in [-0.15, -0.1) is 0 Å². The topological polar surface area (TPSA) is 76.7 Å². The number of rotatable bonds is 6. The zero-order valence-electron chi connectivity index (χ0n) is 13.3. The van der Waals surface area contributed by atoms with Gasteiger partial charge in [0.05, 0.1) is 17.2 Å². The lowest BCUT2D eigenvalue weighted by Crippen LogP contribution is -2.43. The smallest absolute Gasteiger partial charge is 0.276 e. The molecule has 0 aliphatic carbocycles. The molecule has 0 heterocycles. The van der Waals surface area contributed by atoms with Crippen LogP contribution >= 0.6 is 23.2 Å². The normalized spacial score (nSPS) is 10.0. The third kappa shape index (κ3) is 5.55. The van der Waals surface area contributed by atoms with Gasteiger partial charge in [-0.1, -0.05) is 35.3 Å². The van der Waals surface area contributed by atoms with E-state index in [-0.39, 0.29) is 11.6 Å². The first-order valence-corrected chi connectivity index (χ1v) is 8.15. The molecule has 2 N–H and O–H groups in total. The maximum Gasteiger partial charge on any atom is 0.276 e. The molecule has 8 heteroatoms. The zero-order valence-corrected chi connectivity index (χ0v) is 14.9. The van der Waals surface area contributed by atoms with Crippen molar-refractivity contribution in [2.45, 2.75) is 6.92 Å². The predicted molar refractivity (Wildman–Crippen MR) is 95.2 cm³/mol. The zero-order chi connectivity index (χ0) is 18.2. The fraction of sp³-hybridized carbons (Fsp3) is 0.176. The van der Waals surface area contributed by atoms with Gasteiger partial charge in [0, 0.05) is 5.02 Å². The van der Waals surface area contributed by atoms with Gasteiger partial charge in [0.1, 0.15) is 11.5 Å². The largest absolute Gasteiger partial charge is 0.493 e. The van der Waals surface area contributed by atoms with Gasteiger partial charge in [-0.3, -0.25) is 20.4 Å². The fourth-order valence-corrected chi connectivity index (χ4v) is 2.36. The van der Waals surface area contributed by atoms with Crippen LogP contribution in [0.15, 0.2) is 42.5 Å². The van der Waals surface area contributed by atoms with E-state index in [2.05, 4.69) is 10.9 Å². The van der Waals surface area contributed by atoms with Gasteiger partial charge in [-0.2, -0.15) is 0 Å². The number of hydrogen-bond acceptors (Lipinski definition) is 4. The molecule has 25 heavy (non-hydrogen) atoms. The van der Waals surface area contributed by atoms with Crippen molar-refractivity contribution in [1.29, 1.82) is 0 Å². The molecule has 0 aliphatic rings. The molecule has 0 bridgehead atoms. The average molecular weight is 383 g/mol. The standard InChI is InChI=1S/C17H16Cl2N2O4/c1-2-24-14-6-4-3-5-12(14)17(23)21-20-16(22)10-25-15-8-7-11(18)9-13(15)19/h3-9H,2,10H2,1H3,(H,20,22)(H,21,23). The molecule has 2 rings (SSSR count). The summed E-state index contributed by atoms with van der Waals surface area (Å²) in [6, 6.07) is 11.4. The number of hydrazine groups is 1. The van der Waals surface area contributed by atoms with Gasteiger partial charge < -0.3 is 9.47 Å². The monoisotopic (exact) mass is 382 g/mol. The number of amides is 2. The highest BCUT2D eigenvalue weighted by Crippen LogP contribution is 2.27. The first-order chi connectivity index (χ1) is 12.0. The molecule has 0 radical (unpaired) electrons. The van der Waals surface area contributed by atoms with Gasteiger partial charge in [-0.25, -0.2) is 0 Å². The van der Waals surface area contributed by atoms with Crippen LogP contribution in [0.4, 0.5) is 0 Å². The number of nitrogens with one attached hydrogen (secondary N) is 2. The minimum atomic E-state index is -0.548. The van der Waals surface area contributed by atoms with Crippen molar-refractivity contribution in [3.8, 4) is 11.5 Å². The van der Waals surface area contributed by atoms with E-state index in [0.717, 1.165) is 0 Å². The van der Waals surface area contributed by atoms with Crippen molar-refractivity contribution in [2.75, 3.05) is 13.2 Å². The second-order valence-corrected chi connectivity index (χ2v) is 5.64. The Balaban J connectivity index is 1.86. The van der Waals surface area contributed by atoms with Gasteiger partial charge in [0.2, 0.25) is 0 Å². The van der Waals surface area contributed by atoms with Gasteiger partial charge >= 0.3 is 0 Å². The third-order valence-corrected chi connectivity index (χ3v) is 3.53. The number of ether oxygens (including phenoxy) is 2. The van der Waals surface area contributed by atoms with Crippen LogP contribution in [0, 0.1) is 0 Å². The van der Waals surface area contributed by atoms with Gasteiger partial charge in [-0.05, 0) is 37.3 Å². The van der Waals surface area contributed by atoms with Crippen LogP contribution < -0.4 is 20.3 Å². The van der Waals surface area contributed by atoms with E-state index in [0.29, 0.717) is 28.7 Å². The number of benzene rings is 2. The van der Waals surface area contributed by atoms with Crippen molar-refractivity contribution in [3.05, 3.63) is 58.1 Å². The van der Waals surface area contributed by atoms with E-state index in [9.17, 15) is 9.59 Å². The molecule has 0 fully saturated rings. The Kier molecular flexibility index (Phi) is 6.91. The minimum absolute atomic E-state index is 0.287. The molecule has 0 aliphatic heterocycles. The molecular formula is C17H16Cl2N2O4.